The normalized spacial score (nSPS) is 15.4. The van der Waals surface area contributed by atoms with Crippen molar-refractivity contribution in [2.45, 2.75) is 38.6 Å². The van der Waals surface area contributed by atoms with Crippen molar-refractivity contribution in [1.29, 1.82) is 0 Å². The number of hydrogen-bond acceptors (Lipinski definition) is 6. The smallest absolute Gasteiger partial charge is 0.262 e. The highest BCUT2D eigenvalue weighted by Gasteiger charge is 2.30. The van der Waals surface area contributed by atoms with Gasteiger partial charge in [0.1, 0.15) is 4.83 Å². The van der Waals surface area contributed by atoms with E-state index in [0.717, 1.165) is 20.8 Å². The standard InChI is InChI=1S/C22H26N4O4S2/c1-15-4-6-18(7-5-15)32(29,30)26-12-10-24(11-13-26)19(27)8-9-25-14-23-21-20(22(25)28)16(2)17(3)31-21/h4-7,14H,8-13H2,1-3H3. The number of carbonyl (C=O) groups is 1. The Kier molecular flexibility index (Phi) is 6.19. The Balaban J connectivity index is 1.38. The molecule has 32 heavy (non-hydrogen) atoms. The minimum Gasteiger partial charge on any atom is -0.340 e. The number of piperazine rings is 1. The molecule has 0 atom stereocenters. The van der Waals surface area contributed by atoms with Gasteiger partial charge in [0.15, 0.2) is 0 Å². The number of carbonyl (C=O) groups excluding carboxylic acids is 1. The molecule has 0 N–H and O–H groups in total. The van der Waals surface area contributed by atoms with Gasteiger partial charge < -0.3 is 4.90 Å². The Hall–Kier alpha value is -2.56. The Labute approximate surface area is 191 Å². The predicted molar refractivity (Wildman–Crippen MR) is 124 cm³/mol. The fourth-order valence-electron chi connectivity index (χ4n) is 3.84. The highest BCUT2D eigenvalue weighted by Crippen LogP contribution is 2.25. The molecule has 4 rings (SSSR count). The van der Waals surface area contributed by atoms with E-state index in [0.29, 0.717) is 18.5 Å². The topological polar surface area (TPSA) is 92.6 Å². The quantitative estimate of drug-likeness (QED) is 0.566. The maximum atomic E-state index is 12.8. The summed E-state index contributed by atoms with van der Waals surface area (Å²) in [6.07, 6.45) is 1.67. The molecule has 1 amide bonds. The second-order valence-corrected chi connectivity index (χ2v) is 11.2. The van der Waals surface area contributed by atoms with Crippen LogP contribution in [0.25, 0.3) is 10.2 Å². The number of hydrogen-bond donors (Lipinski definition) is 0. The van der Waals surface area contributed by atoms with E-state index in [4.69, 9.17) is 0 Å². The number of fused-ring (bicyclic) bond motifs is 1. The average molecular weight is 475 g/mol. The molecule has 8 nitrogen and oxygen atoms in total. The Morgan fingerprint density at radius 3 is 2.38 bits per heavy atom. The zero-order valence-electron chi connectivity index (χ0n) is 18.4. The van der Waals surface area contributed by atoms with Crippen LogP contribution in [-0.4, -0.2) is 59.3 Å². The summed E-state index contributed by atoms with van der Waals surface area (Å²) in [5.41, 5.74) is 1.81. The van der Waals surface area contributed by atoms with Gasteiger partial charge in [-0.25, -0.2) is 13.4 Å². The first-order valence-electron chi connectivity index (χ1n) is 10.5. The molecule has 0 radical (unpaired) electrons. The third-order valence-electron chi connectivity index (χ3n) is 5.97. The lowest BCUT2D eigenvalue weighted by atomic mass is 10.2. The Morgan fingerprint density at radius 2 is 1.72 bits per heavy atom. The van der Waals surface area contributed by atoms with Gasteiger partial charge in [0, 0.05) is 44.0 Å². The van der Waals surface area contributed by atoms with Gasteiger partial charge in [-0.15, -0.1) is 11.3 Å². The summed E-state index contributed by atoms with van der Waals surface area (Å²) in [7, 11) is -3.57. The highest BCUT2D eigenvalue weighted by molar-refractivity contribution is 7.89. The van der Waals surface area contributed by atoms with Crippen LogP contribution in [0.4, 0.5) is 0 Å². The molecule has 1 aliphatic heterocycles. The summed E-state index contributed by atoms with van der Waals surface area (Å²) in [4.78, 5) is 33.6. The fraction of sp³-hybridized carbons (Fsp3) is 0.409. The molecule has 0 unspecified atom stereocenters. The Morgan fingerprint density at radius 1 is 1.06 bits per heavy atom. The number of nitrogens with zero attached hydrogens (tertiary/aromatic N) is 4. The molecule has 1 aliphatic rings. The minimum atomic E-state index is -3.57. The van der Waals surface area contributed by atoms with Crippen molar-refractivity contribution in [3.63, 3.8) is 0 Å². The summed E-state index contributed by atoms with van der Waals surface area (Å²) in [5, 5.41) is 0.623. The van der Waals surface area contributed by atoms with Gasteiger partial charge in [-0.1, -0.05) is 17.7 Å². The molecular weight excluding hydrogens is 448 g/mol. The summed E-state index contributed by atoms with van der Waals surface area (Å²) in [5.74, 6) is -0.0948. The van der Waals surface area contributed by atoms with Gasteiger partial charge in [-0.2, -0.15) is 4.31 Å². The SMILES string of the molecule is Cc1ccc(S(=O)(=O)N2CCN(C(=O)CCn3cnc4sc(C)c(C)c4c3=O)CC2)cc1. The molecule has 0 saturated carbocycles. The van der Waals surface area contributed by atoms with Crippen molar-refractivity contribution >= 4 is 37.5 Å². The highest BCUT2D eigenvalue weighted by atomic mass is 32.2. The van der Waals surface area contributed by atoms with Crippen molar-refractivity contribution in [1.82, 2.24) is 18.8 Å². The summed E-state index contributed by atoms with van der Waals surface area (Å²) >= 11 is 1.50. The third-order valence-corrected chi connectivity index (χ3v) is 9.00. The van der Waals surface area contributed by atoms with E-state index in [1.807, 2.05) is 20.8 Å². The van der Waals surface area contributed by atoms with Gasteiger partial charge in [-0.05, 0) is 38.5 Å². The zero-order valence-corrected chi connectivity index (χ0v) is 20.0. The van der Waals surface area contributed by atoms with E-state index in [1.165, 1.54) is 26.5 Å². The maximum absolute atomic E-state index is 12.8. The number of aryl methyl sites for hydroxylation is 4. The molecule has 2 aromatic heterocycles. The van der Waals surface area contributed by atoms with Gasteiger partial charge in [0.2, 0.25) is 15.9 Å². The molecule has 0 aliphatic carbocycles. The average Bonchev–Trinajstić information content (AvgIpc) is 3.07. The van der Waals surface area contributed by atoms with E-state index >= 15 is 0 Å². The monoisotopic (exact) mass is 474 g/mol. The van der Waals surface area contributed by atoms with E-state index < -0.39 is 10.0 Å². The molecule has 3 aromatic rings. The lowest BCUT2D eigenvalue weighted by Gasteiger charge is -2.34. The van der Waals surface area contributed by atoms with Gasteiger partial charge >= 0.3 is 0 Å². The first-order valence-corrected chi connectivity index (χ1v) is 12.7. The lowest BCUT2D eigenvalue weighted by Crippen LogP contribution is -2.50. The van der Waals surface area contributed by atoms with E-state index in [-0.39, 0.29) is 42.4 Å². The number of rotatable bonds is 5. The van der Waals surface area contributed by atoms with Crippen LogP contribution in [0, 0.1) is 20.8 Å². The molecule has 1 saturated heterocycles. The number of thiophene rings is 1. The molecule has 10 heteroatoms. The largest absolute Gasteiger partial charge is 0.340 e. The second kappa shape index (κ2) is 8.76. The van der Waals surface area contributed by atoms with Crippen LogP contribution < -0.4 is 5.56 Å². The molecule has 1 aromatic carbocycles. The number of aromatic nitrogens is 2. The van der Waals surface area contributed by atoms with Crippen LogP contribution in [0.15, 0.2) is 40.3 Å². The fourth-order valence-corrected chi connectivity index (χ4v) is 6.25. The van der Waals surface area contributed by atoms with Gasteiger partial charge in [0.25, 0.3) is 5.56 Å². The van der Waals surface area contributed by atoms with Crippen LogP contribution in [0.3, 0.4) is 0 Å². The van der Waals surface area contributed by atoms with E-state index in [9.17, 15) is 18.0 Å². The van der Waals surface area contributed by atoms with Crippen LogP contribution >= 0.6 is 11.3 Å². The van der Waals surface area contributed by atoms with Crippen molar-refractivity contribution in [3.8, 4) is 0 Å². The minimum absolute atomic E-state index is 0.0948. The first kappa shape index (κ1) is 22.6. The molecule has 170 valence electrons. The number of amides is 1. The first-order chi connectivity index (χ1) is 15.2. The second-order valence-electron chi connectivity index (χ2n) is 8.05. The summed E-state index contributed by atoms with van der Waals surface area (Å²) in [6.45, 7) is 7.20. The van der Waals surface area contributed by atoms with Crippen molar-refractivity contribution in [3.05, 3.63) is 57.0 Å². The van der Waals surface area contributed by atoms with E-state index in [2.05, 4.69) is 4.98 Å². The van der Waals surface area contributed by atoms with Crippen molar-refractivity contribution in [2.75, 3.05) is 26.2 Å². The van der Waals surface area contributed by atoms with Crippen LogP contribution in [0.5, 0.6) is 0 Å². The predicted octanol–water partition coefficient (Wildman–Crippen LogP) is 2.31. The number of benzene rings is 1. The molecular formula is C22H26N4O4S2. The molecule has 0 spiro atoms. The van der Waals surface area contributed by atoms with Gasteiger partial charge in [0.05, 0.1) is 16.6 Å². The van der Waals surface area contributed by atoms with E-state index in [1.54, 1.807) is 29.2 Å². The van der Waals surface area contributed by atoms with Crippen LogP contribution in [-0.2, 0) is 21.4 Å². The number of sulfonamides is 1. The van der Waals surface area contributed by atoms with Crippen molar-refractivity contribution in [2.24, 2.45) is 0 Å². The summed E-state index contributed by atoms with van der Waals surface area (Å²) < 4.78 is 28.6. The van der Waals surface area contributed by atoms with Crippen LogP contribution in [0.1, 0.15) is 22.4 Å². The molecule has 0 bridgehead atoms. The maximum Gasteiger partial charge on any atom is 0.262 e. The molecule has 3 heterocycles. The Bertz CT molecular complexity index is 1320. The summed E-state index contributed by atoms with van der Waals surface area (Å²) in [6, 6.07) is 6.78. The van der Waals surface area contributed by atoms with Gasteiger partial charge in [-0.3, -0.25) is 14.2 Å². The van der Waals surface area contributed by atoms with Crippen LogP contribution in [0.2, 0.25) is 0 Å². The zero-order chi connectivity index (χ0) is 23.0. The van der Waals surface area contributed by atoms with Crippen molar-refractivity contribution < 1.29 is 13.2 Å². The lowest BCUT2D eigenvalue weighted by molar-refractivity contribution is -0.132. The third kappa shape index (κ3) is 4.22. The molecule has 1 fully saturated rings.